The number of phenols is 1. The maximum atomic E-state index is 10.2. The van der Waals surface area contributed by atoms with Crippen LogP contribution >= 0.6 is 0 Å². The number of aliphatic hydroxyl groups excluding tert-OH is 2. The largest absolute Gasteiger partial charge is 2.00 e. The third-order valence-corrected chi connectivity index (χ3v) is 8.19. The Balaban J connectivity index is -0.000000725. The van der Waals surface area contributed by atoms with E-state index >= 15 is 0 Å². The van der Waals surface area contributed by atoms with Crippen molar-refractivity contribution in [1.29, 1.82) is 0 Å². The minimum absolute atomic E-state index is 0. The number of carbonyl (C=O) groups excluding carboxylic acids is 2. The Morgan fingerprint density at radius 3 is 1.26 bits per heavy atom. The monoisotopic (exact) mass is 728 g/mol. The summed E-state index contributed by atoms with van der Waals surface area (Å²) >= 11 is 0. The number of phenolic OH excluding ortho intramolecular Hbond substituents is 1. The molecule has 284 valence electrons. The van der Waals surface area contributed by atoms with Crippen molar-refractivity contribution in [2.45, 2.75) is 193 Å². The number of carboxylic acids is 2. The summed E-state index contributed by atoms with van der Waals surface area (Å²) in [7, 11) is 0. The fraction of sp³-hybridized carbons (Fsp3) is 0.714. The van der Waals surface area contributed by atoms with Crippen LogP contribution in [0.3, 0.4) is 0 Å². The molecule has 0 saturated heterocycles. The fourth-order valence-corrected chi connectivity index (χ4v) is 5.14. The van der Waals surface area contributed by atoms with Gasteiger partial charge in [0, 0.05) is 11.9 Å². The topological polar surface area (TPSA) is 141 Å². The second-order valence-corrected chi connectivity index (χ2v) is 13.1. The average molecular weight is 729 g/mol. The van der Waals surface area contributed by atoms with Crippen LogP contribution in [-0.4, -0.2) is 77.2 Å². The van der Waals surface area contributed by atoms with Gasteiger partial charge >= 0.3 is 37.7 Å². The molecule has 0 spiro atoms. The van der Waals surface area contributed by atoms with E-state index in [4.69, 9.17) is 5.11 Å². The molecule has 0 saturated carbocycles. The molecular formula is C42H72CaO7. The quantitative estimate of drug-likeness (QED) is 0.0410. The Morgan fingerprint density at radius 1 is 0.560 bits per heavy atom. The van der Waals surface area contributed by atoms with Crippen LogP contribution in [-0.2, 0) is 9.59 Å². The summed E-state index contributed by atoms with van der Waals surface area (Å²) in [5.74, 6) is -1.56. The van der Waals surface area contributed by atoms with Crippen LogP contribution in [0.15, 0.2) is 54.6 Å². The van der Waals surface area contributed by atoms with Crippen molar-refractivity contribution in [3.8, 4) is 5.75 Å². The van der Waals surface area contributed by atoms with Gasteiger partial charge in [0.25, 0.3) is 0 Å². The number of carboxylic acid groups (broad SMARTS) is 2. The molecule has 7 nitrogen and oxygen atoms in total. The first kappa shape index (κ1) is 53.0. The van der Waals surface area contributed by atoms with Crippen molar-refractivity contribution in [3.05, 3.63) is 54.6 Å². The molecule has 0 aliphatic rings. The zero-order chi connectivity index (χ0) is 36.6. The molecule has 0 heterocycles. The van der Waals surface area contributed by atoms with Gasteiger partial charge in [-0.15, -0.1) is 0 Å². The molecule has 1 rings (SSSR count). The van der Waals surface area contributed by atoms with Crippen molar-refractivity contribution in [2.24, 2.45) is 0 Å². The number of aromatic hydroxyl groups is 1. The van der Waals surface area contributed by atoms with Crippen molar-refractivity contribution in [1.82, 2.24) is 0 Å². The van der Waals surface area contributed by atoms with Crippen molar-refractivity contribution >= 4 is 49.7 Å². The number of hydrogen-bond donors (Lipinski definition) is 3. The van der Waals surface area contributed by atoms with Crippen LogP contribution in [0.1, 0.15) is 181 Å². The number of allylic oxidation sites excluding steroid dienone is 2. The van der Waals surface area contributed by atoms with E-state index in [0.29, 0.717) is 5.75 Å². The van der Waals surface area contributed by atoms with E-state index in [2.05, 4.69) is 38.2 Å². The van der Waals surface area contributed by atoms with E-state index in [1.165, 1.54) is 38.5 Å². The van der Waals surface area contributed by atoms with Gasteiger partial charge in [-0.25, -0.2) is 0 Å². The molecule has 0 amide bonds. The number of benzene rings is 1. The minimum Gasteiger partial charge on any atom is -0.550 e. The van der Waals surface area contributed by atoms with E-state index in [9.17, 15) is 30.0 Å². The predicted molar refractivity (Wildman–Crippen MR) is 206 cm³/mol. The Labute approximate surface area is 336 Å². The number of hydrogen-bond acceptors (Lipinski definition) is 7. The first-order valence-electron chi connectivity index (χ1n) is 19.5. The average Bonchev–Trinajstić information content (AvgIpc) is 3.07. The third kappa shape index (κ3) is 48.7. The van der Waals surface area contributed by atoms with Crippen LogP contribution < -0.4 is 10.2 Å². The Kier molecular flexibility index (Phi) is 46.4. The first-order chi connectivity index (χ1) is 23.7. The zero-order valence-electron chi connectivity index (χ0n) is 31.9. The van der Waals surface area contributed by atoms with Crippen LogP contribution in [0.5, 0.6) is 5.75 Å². The standard InChI is InChI=1S/2C18H34O3.C6H6O.Ca/c2*1-2-3-4-11-14-17(19)15-12-9-7-5-6-8-10-13-16-18(20)21;7-6-4-2-1-3-5-6;/h2*9,12,17,19H,2-8,10-11,13-16H2,1H3,(H,20,21);1-5,7H;/q;;;+2/p-2/b2*12-9-;;/t2*17-;;/m11../s1. The molecule has 2 atom stereocenters. The Bertz CT molecular complexity index is 837. The Hall–Kier alpha value is -1.38. The van der Waals surface area contributed by atoms with E-state index in [1.54, 1.807) is 24.3 Å². The van der Waals surface area contributed by atoms with Crippen molar-refractivity contribution in [2.75, 3.05) is 0 Å². The predicted octanol–water partition coefficient (Wildman–Crippen LogP) is 8.50. The summed E-state index contributed by atoms with van der Waals surface area (Å²) in [6.45, 7) is 4.39. The molecule has 3 N–H and O–H groups in total. The van der Waals surface area contributed by atoms with Gasteiger partial charge < -0.3 is 35.1 Å². The molecule has 1 aromatic rings. The molecule has 0 aliphatic heterocycles. The van der Waals surface area contributed by atoms with Crippen LogP contribution in [0.25, 0.3) is 0 Å². The number of aliphatic hydroxyl groups is 2. The molecule has 50 heavy (non-hydrogen) atoms. The molecule has 1 aromatic carbocycles. The number of carbonyl (C=O) groups is 2. The van der Waals surface area contributed by atoms with E-state index in [1.807, 2.05) is 6.07 Å². The van der Waals surface area contributed by atoms with Gasteiger partial charge in [-0.05, 0) is 89.2 Å². The van der Waals surface area contributed by atoms with Crippen molar-refractivity contribution in [3.63, 3.8) is 0 Å². The molecule has 0 aromatic heterocycles. The molecule has 0 aliphatic carbocycles. The number of unbranched alkanes of at least 4 members (excludes halogenated alkanes) is 16. The Morgan fingerprint density at radius 2 is 0.920 bits per heavy atom. The third-order valence-electron chi connectivity index (χ3n) is 8.19. The van der Waals surface area contributed by atoms with Crippen molar-refractivity contribution < 1.29 is 35.1 Å². The summed E-state index contributed by atoms with van der Waals surface area (Å²) in [5.41, 5.74) is 0. The summed E-state index contributed by atoms with van der Waals surface area (Å²) in [4.78, 5) is 20.4. The fourth-order valence-electron chi connectivity index (χ4n) is 5.14. The first-order valence-corrected chi connectivity index (χ1v) is 19.5. The SMILES string of the molecule is CCCCCC[C@@H](O)C/C=C\CCCCCCCC(=O)[O-].CCCCCC[C@@H](O)C/C=C\CCCCCCCC(=O)[O-].Oc1ccccc1.[Ca+2]. The zero-order valence-corrected chi connectivity index (χ0v) is 34.1. The second-order valence-electron chi connectivity index (χ2n) is 13.1. The number of para-hydroxylation sites is 1. The van der Waals surface area contributed by atoms with Gasteiger partial charge in [0.1, 0.15) is 5.75 Å². The molecular weight excluding hydrogens is 657 g/mol. The molecule has 0 bridgehead atoms. The van der Waals surface area contributed by atoms with Gasteiger partial charge in [0.15, 0.2) is 0 Å². The number of rotatable bonds is 30. The van der Waals surface area contributed by atoms with Crippen LogP contribution in [0, 0.1) is 0 Å². The second kappa shape index (κ2) is 43.8. The van der Waals surface area contributed by atoms with Gasteiger partial charge in [0.05, 0.1) is 12.2 Å². The molecule has 0 fully saturated rings. The van der Waals surface area contributed by atoms with Gasteiger partial charge in [-0.2, -0.15) is 0 Å². The van der Waals surface area contributed by atoms with Crippen LogP contribution in [0.2, 0.25) is 0 Å². The van der Waals surface area contributed by atoms with Crippen LogP contribution in [0.4, 0.5) is 0 Å². The van der Waals surface area contributed by atoms with E-state index in [-0.39, 0.29) is 62.8 Å². The number of aliphatic carboxylic acids is 2. The summed E-state index contributed by atoms with van der Waals surface area (Å²) in [6.07, 6.45) is 34.0. The smallest absolute Gasteiger partial charge is 0.550 e. The molecule has 8 heteroatoms. The molecule has 0 radical (unpaired) electrons. The van der Waals surface area contributed by atoms with E-state index < -0.39 is 11.9 Å². The maximum Gasteiger partial charge on any atom is 2.00 e. The van der Waals surface area contributed by atoms with Gasteiger partial charge in [0.2, 0.25) is 0 Å². The minimum atomic E-state index is -0.939. The maximum absolute atomic E-state index is 10.2. The van der Waals surface area contributed by atoms with E-state index in [0.717, 1.165) is 116 Å². The van der Waals surface area contributed by atoms with Gasteiger partial charge in [-0.1, -0.05) is 146 Å². The normalized spacial score (nSPS) is 12.0. The van der Waals surface area contributed by atoms with Gasteiger partial charge in [-0.3, -0.25) is 0 Å². The summed E-state index contributed by atoms with van der Waals surface area (Å²) in [6, 6.07) is 8.71. The summed E-state index contributed by atoms with van der Waals surface area (Å²) in [5, 5.41) is 48.6. The molecule has 0 unspecified atom stereocenters. The summed E-state index contributed by atoms with van der Waals surface area (Å²) < 4.78 is 0.